The van der Waals surface area contributed by atoms with E-state index in [4.69, 9.17) is 16.0 Å². The Morgan fingerprint density at radius 2 is 2.12 bits per heavy atom. The van der Waals surface area contributed by atoms with Crippen molar-refractivity contribution in [2.45, 2.75) is 32.2 Å². The average molecular weight is 374 g/mol. The summed E-state index contributed by atoms with van der Waals surface area (Å²) in [6.07, 6.45) is 2.22. The summed E-state index contributed by atoms with van der Waals surface area (Å²) in [5, 5.41) is 9.41. The lowest BCUT2D eigenvalue weighted by molar-refractivity contribution is 0.186. The number of nitrogens with zero attached hydrogens (tertiary/aromatic N) is 3. The summed E-state index contributed by atoms with van der Waals surface area (Å²) in [6.45, 7) is 4.95. The molecule has 1 aromatic carbocycles. The molecule has 0 saturated carbocycles. The molecule has 0 N–H and O–H groups in total. The van der Waals surface area contributed by atoms with Crippen LogP contribution in [0.4, 0.5) is 0 Å². The van der Waals surface area contributed by atoms with Gasteiger partial charge in [0.15, 0.2) is 0 Å². The number of benzene rings is 1. The molecule has 3 aromatic rings. The second kappa shape index (κ2) is 7.28. The minimum Gasteiger partial charge on any atom is -0.420 e. The van der Waals surface area contributed by atoms with Crippen LogP contribution in [0.3, 0.4) is 0 Å². The van der Waals surface area contributed by atoms with Gasteiger partial charge in [0.2, 0.25) is 5.89 Å². The maximum Gasteiger partial charge on any atom is 0.257 e. The van der Waals surface area contributed by atoms with E-state index in [1.165, 1.54) is 10.4 Å². The molecule has 4 nitrogen and oxygen atoms in total. The van der Waals surface area contributed by atoms with Gasteiger partial charge >= 0.3 is 0 Å². The minimum absolute atomic E-state index is 0.290. The lowest BCUT2D eigenvalue weighted by atomic mass is 9.97. The van der Waals surface area contributed by atoms with Crippen molar-refractivity contribution in [2.24, 2.45) is 0 Å². The molecule has 1 aliphatic rings. The van der Waals surface area contributed by atoms with Gasteiger partial charge in [0, 0.05) is 23.0 Å². The Labute approximate surface area is 156 Å². The van der Waals surface area contributed by atoms with Crippen LogP contribution in [0, 0.1) is 6.92 Å². The fourth-order valence-electron chi connectivity index (χ4n) is 3.32. The standard InChI is InChI=1S/C19H20ClN3OS/c1-13-8-9-17(25-13)19-22-21-18(24-19)15-6-4-10-23(12-15)11-14-5-2-3-7-16(14)20/h2-3,5,7-9,15H,4,6,10-12H2,1H3/t15-/m0/s1. The molecule has 0 aliphatic carbocycles. The summed E-state index contributed by atoms with van der Waals surface area (Å²) >= 11 is 7.99. The van der Waals surface area contributed by atoms with Crippen molar-refractivity contribution in [3.05, 3.63) is 57.8 Å². The van der Waals surface area contributed by atoms with E-state index < -0.39 is 0 Å². The van der Waals surface area contributed by atoms with E-state index in [9.17, 15) is 0 Å². The van der Waals surface area contributed by atoms with Crippen LogP contribution in [-0.4, -0.2) is 28.2 Å². The van der Waals surface area contributed by atoms with E-state index >= 15 is 0 Å². The molecule has 4 rings (SSSR count). The molecular formula is C19H20ClN3OS. The second-order valence-electron chi connectivity index (χ2n) is 6.52. The first-order valence-electron chi connectivity index (χ1n) is 8.55. The molecule has 0 radical (unpaired) electrons. The zero-order valence-corrected chi connectivity index (χ0v) is 15.7. The van der Waals surface area contributed by atoms with Gasteiger partial charge in [-0.15, -0.1) is 21.5 Å². The Kier molecular flexibility index (Phi) is 4.88. The Balaban J connectivity index is 1.46. The third-order valence-corrected chi connectivity index (χ3v) is 5.96. The highest BCUT2D eigenvalue weighted by atomic mass is 35.5. The molecule has 6 heteroatoms. The van der Waals surface area contributed by atoms with Crippen molar-refractivity contribution in [3.8, 4) is 10.8 Å². The zero-order chi connectivity index (χ0) is 17.2. The van der Waals surface area contributed by atoms with Crippen LogP contribution >= 0.6 is 22.9 Å². The number of halogens is 1. The third-order valence-electron chi connectivity index (χ3n) is 4.60. The fourth-order valence-corrected chi connectivity index (χ4v) is 4.30. The highest BCUT2D eigenvalue weighted by molar-refractivity contribution is 7.15. The molecule has 1 atom stereocenters. The van der Waals surface area contributed by atoms with E-state index in [0.717, 1.165) is 48.3 Å². The Bertz CT molecular complexity index is 860. The molecular weight excluding hydrogens is 354 g/mol. The van der Waals surface area contributed by atoms with Crippen molar-refractivity contribution in [1.82, 2.24) is 15.1 Å². The summed E-state index contributed by atoms with van der Waals surface area (Å²) < 4.78 is 5.98. The van der Waals surface area contributed by atoms with Gasteiger partial charge in [-0.2, -0.15) is 0 Å². The molecule has 2 aromatic heterocycles. The molecule has 0 bridgehead atoms. The van der Waals surface area contributed by atoms with Gasteiger partial charge in [0.25, 0.3) is 5.89 Å². The van der Waals surface area contributed by atoms with Gasteiger partial charge in [0.05, 0.1) is 10.8 Å². The van der Waals surface area contributed by atoms with Crippen molar-refractivity contribution < 1.29 is 4.42 Å². The van der Waals surface area contributed by atoms with Gasteiger partial charge in [0.1, 0.15) is 0 Å². The first kappa shape index (κ1) is 16.8. The number of hydrogen-bond donors (Lipinski definition) is 0. The molecule has 0 spiro atoms. The van der Waals surface area contributed by atoms with Crippen LogP contribution in [0.1, 0.15) is 35.1 Å². The Morgan fingerprint density at radius 1 is 1.24 bits per heavy atom. The van der Waals surface area contributed by atoms with E-state index in [1.807, 2.05) is 24.3 Å². The number of hydrogen-bond acceptors (Lipinski definition) is 5. The van der Waals surface area contributed by atoms with Gasteiger partial charge in [-0.3, -0.25) is 4.90 Å². The van der Waals surface area contributed by atoms with E-state index in [-0.39, 0.29) is 0 Å². The van der Waals surface area contributed by atoms with Gasteiger partial charge in [-0.1, -0.05) is 29.8 Å². The molecule has 1 fully saturated rings. The predicted octanol–water partition coefficient (Wildman–Crippen LogP) is 5.14. The molecule has 1 aliphatic heterocycles. The molecule has 130 valence electrons. The maximum absolute atomic E-state index is 6.30. The molecule has 0 amide bonds. The van der Waals surface area contributed by atoms with Crippen molar-refractivity contribution in [2.75, 3.05) is 13.1 Å². The summed E-state index contributed by atoms with van der Waals surface area (Å²) in [7, 11) is 0. The minimum atomic E-state index is 0.290. The number of likely N-dealkylation sites (tertiary alicyclic amines) is 1. The summed E-state index contributed by atoms with van der Waals surface area (Å²) in [5.74, 6) is 1.68. The fraction of sp³-hybridized carbons (Fsp3) is 0.368. The topological polar surface area (TPSA) is 42.2 Å². The number of aromatic nitrogens is 2. The van der Waals surface area contributed by atoms with Gasteiger partial charge in [-0.25, -0.2) is 0 Å². The van der Waals surface area contributed by atoms with Crippen LogP contribution in [0.25, 0.3) is 10.8 Å². The van der Waals surface area contributed by atoms with Gasteiger partial charge < -0.3 is 4.42 Å². The van der Waals surface area contributed by atoms with Crippen molar-refractivity contribution in [3.63, 3.8) is 0 Å². The maximum atomic E-state index is 6.30. The number of piperidine rings is 1. The molecule has 3 heterocycles. The second-order valence-corrected chi connectivity index (χ2v) is 8.22. The van der Waals surface area contributed by atoms with Crippen LogP contribution in [0.5, 0.6) is 0 Å². The first-order valence-corrected chi connectivity index (χ1v) is 9.74. The van der Waals surface area contributed by atoms with Crippen LogP contribution in [0.2, 0.25) is 5.02 Å². The number of aryl methyl sites for hydroxylation is 1. The quantitative estimate of drug-likeness (QED) is 0.635. The monoisotopic (exact) mass is 373 g/mol. The third kappa shape index (κ3) is 3.78. The highest BCUT2D eigenvalue weighted by Crippen LogP contribution is 2.32. The summed E-state index contributed by atoms with van der Waals surface area (Å²) in [5.41, 5.74) is 1.17. The highest BCUT2D eigenvalue weighted by Gasteiger charge is 2.26. The lowest BCUT2D eigenvalue weighted by Crippen LogP contribution is -2.34. The van der Waals surface area contributed by atoms with Crippen molar-refractivity contribution >= 4 is 22.9 Å². The first-order chi connectivity index (χ1) is 12.2. The van der Waals surface area contributed by atoms with Crippen LogP contribution in [0.15, 0.2) is 40.8 Å². The molecule has 0 unspecified atom stereocenters. The summed E-state index contributed by atoms with van der Waals surface area (Å²) in [6, 6.07) is 12.2. The Morgan fingerprint density at radius 3 is 2.92 bits per heavy atom. The van der Waals surface area contributed by atoms with Crippen molar-refractivity contribution in [1.29, 1.82) is 0 Å². The normalized spacial score (nSPS) is 18.6. The van der Waals surface area contributed by atoms with Crippen LogP contribution < -0.4 is 0 Å². The van der Waals surface area contributed by atoms with E-state index in [1.54, 1.807) is 11.3 Å². The smallest absolute Gasteiger partial charge is 0.257 e. The predicted molar refractivity (Wildman–Crippen MR) is 101 cm³/mol. The molecule has 1 saturated heterocycles. The number of rotatable bonds is 4. The number of thiophene rings is 1. The average Bonchev–Trinajstić information content (AvgIpc) is 3.26. The largest absolute Gasteiger partial charge is 0.420 e. The molecule has 25 heavy (non-hydrogen) atoms. The van der Waals surface area contributed by atoms with Crippen LogP contribution in [-0.2, 0) is 6.54 Å². The SMILES string of the molecule is Cc1ccc(-c2nnc([C@H]3CCCN(Cc4ccccc4Cl)C3)o2)s1. The van der Waals surface area contributed by atoms with E-state index in [2.05, 4.69) is 34.2 Å². The lowest BCUT2D eigenvalue weighted by Gasteiger charge is -2.31. The zero-order valence-electron chi connectivity index (χ0n) is 14.1. The Hall–Kier alpha value is -1.69. The van der Waals surface area contributed by atoms with Gasteiger partial charge in [-0.05, 0) is 50.1 Å². The summed E-state index contributed by atoms with van der Waals surface area (Å²) in [4.78, 5) is 4.72. The van der Waals surface area contributed by atoms with E-state index in [0.29, 0.717) is 11.8 Å².